The molecule has 146 valence electrons. The Morgan fingerprint density at radius 1 is 1.04 bits per heavy atom. The van der Waals surface area contributed by atoms with Crippen molar-refractivity contribution in [1.82, 2.24) is 10.2 Å². The molecule has 0 aromatic heterocycles. The number of carbonyl (C=O) groups is 3. The summed E-state index contributed by atoms with van der Waals surface area (Å²) in [4.78, 5) is 38.5. The lowest BCUT2D eigenvalue weighted by Gasteiger charge is -2.27. The first-order valence-corrected chi connectivity index (χ1v) is 9.22. The van der Waals surface area contributed by atoms with Gasteiger partial charge in [0.15, 0.2) is 0 Å². The molecule has 28 heavy (non-hydrogen) atoms. The molecule has 2 aromatic rings. The number of benzene rings is 2. The maximum Gasteiger partial charge on any atom is 0.254 e. The first-order valence-electron chi connectivity index (χ1n) is 8.84. The van der Waals surface area contributed by atoms with E-state index < -0.39 is 11.8 Å². The van der Waals surface area contributed by atoms with E-state index in [1.165, 1.54) is 0 Å². The molecule has 1 fully saturated rings. The Bertz CT molecular complexity index is 881. The third kappa shape index (κ3) is 5.09. The Morgan fingerprint density at radius 2 is 1.79 bits per heavy atom. The summed E-state index contributed by atoms with van der Waals surface area (Å²) in [6, 6.07) is 13.3. The summed E-state index contributed by atoms with van der Waals surface area (Å²) in [5.41, 5.74) is 1.27. The molecular weight excluding hydrogens is 382 g/mol. The van der Waals surface area contributed by atoms with Crippen LogP contribution in [0.5, 0.6) is 0 Å². The second kappa shape index (κ2) is 9.34. The minimum atomic E-state index is -0.433. The third-order valence-corrected chi connectivity index (χ3v) is 4.55. The molecule has 1 heterocycles. The fourth-order valence-corrected chi connectivity index (χ4v) is 3.01. The smallest absolute Gasteiger partial charge is 0.254 e. The molecule has 0 saturated carbocycles. The number of nitrogens with zero attached hydrogens (tertiary/aromatic N) is 1. The number of ether oxygens (including phenoxy) is 1. The molecule has 0 spiro atoms. The molecule has 0 aliphatic carbocycles. The van der Waals surface area contributed by atoms with Crippen LogP contribution >= 0.6 is 11.6 Å². The molecule has 3 rings (SSSR count). The number of carbonyl (C=O) groups excluding carboxylic acids is 3. The van der Waals surface area contributed by atoms with Crippen molar-refractivity contribution in [2.75, 3.05) is 38.2 Å². The number of amides is 3. The molecule has 2 aromatic carbocycles. The highest BCUT2D eigenvalue weighted by atomic mass is 35.5. The minimum Gasteiger partial charge on any atom is -0.378 e. The molecule has 1 aliphatic heterocycles. The minimum absolute atomic E-state index is 0.105. The summed E-state index contributed by atoms with van der Waals surface area (Å²) in [7, 11) is 0. The molecule has 0 unspecified atom stereocenters. The zero-order valence-corrected chi connectivity index (χ0v) is 15.9. The van der Waals surface area contributed by atoms with Crippen molar-refractivity contribution in [3.8, 4) is 0 Å². The Hall–Kier alpha value is -2.90. The van der Waals surface area contributed by atoms with E-state index in [-0.39, 0.29) is 12.5 Å². The van der Waals surface area contributed by atoms with Crippen molar-refractivity contribution in [3.05, 3.63) is 64.7 Å². The third-order valence-electron chi connectivity index (χ3n) is 4.22. The van der Waals surface area contributed by atoms with Crippen molar-refractivity contribution >= 4 is 35.0 Å². The number of nitrogens with one attached hydrogen (secondary N) is 2. The fraction of sp³-hybridized carbons (Fsp3) is 0.250. The van der Waals surface area contributed by atoms with E-state index >= 15 is 0 Å². The van der Waals surface area contributed by atoms with Gasteiger partial charge in [-0.2, -0.15) is 0 Å². The van der Waals surface area contributed by atoms with Gasteiger partial charge in [-0.1, -0.05) is 29.8 Å². The van der Waals surface area contributed by atoms with Gasteiger partial charge in [0.05, 0.1) is 30.3 Å². The van der Waals surface area contributed by atoms with Gasteiger partial charge in [-0.3, -0.25) is 14.4 Å². The second-order valence-corrected chi connectivity index (χ2v) is 6.60. The maximum absolute atomic E-state index is 12.5. The predicted octanol–water partition coefficient (Wildman–Crippen LogP) is 2.18. The van der Waals surface area contributed by atoms with Crippen LogP contribution in [-0.2, 0) is 9.53 Å². The van der Waals surface area contributed by atoms with Crippen molar-refractivity contribution in [1.29, 1.82) is 0 Å². The highest BCUT2D eigenvalue weighted by Gasteiger charge is 2.19. The number of hydrogen-bond acceptors (Lipinski definition) is 4. The van der Waals surface area contributed by atoms with Crippen molar-refractivity contribution in [3.63, 3.8) is 0 Å². The van der Waals surface area contributed by atoms with Crippen LogP contribution in [0.3, 0.4) is 0 Å². The molecule has 0 bridgehead atoms. The van der Waals surface area contributed by atoms with Crippen LogP contribution < -0.4 is 10.6 Å². The largest absolute Gasteiger partial charge is 0.378 e. The average Bonchev–Trinajstić information content (AvgIpc) is 2.72. The van der Waals surface area contributed by atoms with Gasteiger partial charge in [0, 0.05) is 24.3 Å². The van der Waals surface area contributed by atoms with E-state index in [1.54, 1.807) is 53.4 Å². The molecule has 7 nitrogen and oxygen atoms in total. The molecule has 0 atom stereocenters. The summed E-state index contributed by atoms with van der Waals surface area (Å²) in [6.45, 7) is 1.92. The maximum atomic E-state index is 12.5. The lowest BCUT2D eigenvalue weighted by Crippen LogP contribution is -2.40. The number of morpholine rings is 1. The SMILES string of the molecule is O=C(CNC(=O)c1ccccc1Cl)Nc1cccc(C(=O)N2CCOCC2)c1. The van der Waals surface area contributed by atoms with Crippen LogP contribution in [0.15, 0.2) is 48.5 Å². The number of halogens is 1. The van der Waals surface area contributed by atoms with Crippen LogP contribution in [-0.4, -0.2) is 55.5 Å². The topological polar surface area (TPSA) is 87.7 Å². The van der Waals surface area contributed by atoms with Gasteiger partial charge in [-0.15, -0.1) is 0 Å². The molecule has 3 amide bonds. The average molecular weight is 402 g/mol. The van der Waals surface area contributed by atoms with Gasteiger partial charge in [0.1, 0.15) is 0 Å². The molecular formula is C20H20ClN3O4. The lowest BCUT2D eigenvalue weighted by atomic mass is 10.1. The molecule has 8 heteroatoms. The van der Waals surface area contributed by atoms with Crippen LogP contribution in [0.25, 0.3) is 0 Å². The molecule has 0 radical (unpaired) electrons. The Labute approximate surface area is 167 Å². The van der Waals surface area contributed by atoms with Crippen LogP contribution in [0.2, 0.25) is 5.02 Å². The zero-order chi connectivity index (χ0) is 19.9. The van der Waals surface area contributed by atoms with E-state index in [4.69, 9.17) is 16.3 Å². The Balaban J connectivity index is 1.56. The standard InChI is InChI=1S/C20H20ClN3O4/c21-17-7-2-1-6-16(17)19(26)22-13-18(25)23-15-5-3-4-14(12-15)20(27)24-8-10-28-11-9-24/h1-7,12H,8-11,13H2,(H,22,26)(H,23,25). The van der Waals surface area contributed by atoms with Gasteiger partial charge in [0.25, 0.3) is 11.8 Å². The summed E-state index contributed by atoms with van der Waals surface area (Å²) in [5.74, 6) is -0.945. The van der Waals surface area contributed by atoms with E-state index in [2.05, 4.69) is 10.6 Å². The van der Waals surface area contributed by atoms with E-state index in [0.29, 0.717) is 48.1 Å². The summed E-state index contributed by atoms with van der Waals surface area (Å²) < 4.78 is 5.25. The highest BCUT2D eigenvalue weighted by molar-refractivity contribution is 6.33. The first-order chi connectivity index (χ1) is 13.5. The Kier molecular flexibility index (Phi) is 6.62. The van der Waals surface area contributed by atoms with Crippen molar-refractivity contribution in [2.24, 2.45) is 0 Å². The molecule has 2 N–H and O–H groups in total. The lowest BCUT2D eigenvalue weighted by molar-refractivity contribution is -0.115. The quantitative estimate of drug-likeness (QED) is 0.803. The monoisotopic (exact) mass is 401 g/mol. The van der Waals surface area contributed by atoms with Crippen LogP contribution in [0.1, 0.15) is 20.7 Å². The number of rotatable bonds is 5. The van der Waals surface area contributed by atoms with Crippen molar-refractivity contribution < 1.29 is 19.1 Å². The van der Waals surface area contributed by atoms with Crippen LogP contribution in [0, 0.1) is 0 Å². The Morgan fingerprint density at radius 3 is 2.54 bits per heavy atom. The van der Waals surface area contributed by atoms with E-state index in [0.717, 1.165) is 0 Å². The van der Waals surface area contributed by atoms with Gasteiger partial charge in [-0.05, 0) is 30.3 Å². The highest BCUT2D eigenvalue weighted by Crippen LogP contribution is 2.15. The zero-order valence-electron chi connectivity index (χ0n) is 15.1. The number of hydrogen-bond donors (Lipinski definition) is 2. The van der Waals surface area contributed by atoms with Gasteiger partial charge >= 0.3 is 0 Å². The number of anilines is 1. The summed E-state index contributed by atoms with van der Waals surface area (Å²) >= 11 is 5.97. The second-order valence-electron chi connectivity index (χ2n) is 6.20. The van der Waals surface area contributed by atoms with E-state index in [9.17, 15) is 14.4 Å². The van der Waals surface area contributed by atoms with Gasteiger partial charge < -0.3 is 20.3 Å². The van der Waals surface area contributed by atoms with E-state index in [1.807, 2.05) is 0 Å². The summed E-state index contributed by atoms with van der Waals surface area (Å²) in [5, 5.41) is 5.52. The summed E-state index contributed by atoms with van der Waals surface area (Å²) in [6.07, 6.45) is 0. The van der Waals surface area contributed by atoms with Gasteiger partial charge in [0.2, 0.25) is 5.91 Å². The van der Waals surface area contributed by atoms with Crippen molar-refractivity contribution in [2.45, 2.75) is 0 Å². The first kappa shape index (κ1) is 19.9. The fourth-order valence-electron chi connectivity index (χ4n) is 2.79. The van der Waals surface area contributed by atoms with Gasteiger partial charge in [-0.25, -0.2) is 0 Å². The normalized spacial score (nSPS) is 13.7. The van der Waals surface area contributed by atoms with Crippen LogP contribution in [0.4, 0.5) is 5.69 Å². The predicted molar refractivity (Wildman–Crippen MR) is 106 cm³/mol. The molecule has 1 aliphatic rings. The molecule has 1 saturated heterocycles.